The lowest BCUT2D eigenvalue weighted by Gasteiger charge is -1.80. The fourth-order valence-corrected chi connectivity index (χ4v) is 0. The molecule has 0 rings (SSSR count). The van der Waals surface area contributed by atoms with Gasteiger partial charge >= 0.3 is 0 Å². The molecule has 0 radical (unpaired) electrons. The Labute approximate surface area is 26.3 Å². The minimum Gasteiger partial charge on any atom is -0.394 e. The van der Waals surface area contributed by atoms with Crippen LogP contribution >= 0.6 is 0 Å². The SMILES string of the molecule is C[14CH](C)O. The van der Waals surface area contributed by atoms with Gasteiger partial charge in [0.25, 0.3) is 0 Å². The average Bonchev–Trinajstić information content (AvgIpc) is 0.811. The van der Waals surface area contributed by atoms with Gasteiger partial charge in [0.05, 0.1) is 0 Å². The quantitative estimate of drug-likeness (QED) is 0.430. The zero-order valence-corrected chi connectivity index (χ0v) is 3.02. The first-order valence-corrected chi connectivity index (χ1v) is 1.41. The summed E-state index contributed by atoms with van der Waals surface area (Å²) in [6.45, 7) is 3.44. The molecule has 0 heterocycles. The van der Waals surface area contributed by atoms with Crippen LogP contribution in [-0.2, 0) is 0 Å². The second kappa shape index (κ2) is 1.30. The van der Waals surface area contributed by atoms with Gasteiger partial charge in [-0.25, -0.2) is 0 Å². The zero-order valence-electron chi connectivity index (χ0n) is 3.02. The van der Waals surface area contributed by atoms with E-state index in [0.29, 0.717) is 0 Å². The van der Waals surface area contributed by atoms with Crippen molar-refractivity contribution in [2.45, 2.75) is 20.0 Å². The maximum Gasteiger partial charge on any atom is 0.0483 e. The number of aliphatic hydroxyl groups excluding tert-OH is 1. The van der Waals surface area contributed by atoms with E-state index in [1.165, 1.54) is 0 Å². The second-order valence-corrected chi connectivity index (χ2v) is 1.09. The largest absolute Gasteiger partial charge is 0.394 e. The normalized spacial score (nSPS) is 9.00. The number of rotatable bonds is 0. The minimum absolute atomic E-state index is 0.167. The summed E-state index contributed by atoms with van der Waals surface area (Å²) in [6, 6.07) is 0. The second-order valence-electron chi connectivity index (χ2n) is 1.09. The van der Waals surface area contributed by atoms with E-state index in [0.717, 1.165) is 0 Å². The van der Waals surface area contributed by atoms with E-state index < -0.39 is 0 Å². The molecule has 0 aromatic heterocycles. The summed E-state index contributed by atoms with van der Waals surface area (Å²) >= 11 is 0. The summed E-state index contributed by atoms with van der Waals surface area (Å²) in [6.07, 6.45) is -0.167. The maximum atomic E-state index is 8.06. The van der Waals surface area contributed by atoms with Gasteiger partial charge in [0.15, 0.2) is 0 Å². The van der Waals surface area contributed by atoms with Crippen molar-refractivity contribution in [3.63, 3.8) is 0 Å². The first-order valence-electron chi connectivity index (χ1n) is 1.41. The highest BCUT2D eigenvalue weighted by atomic mass is 16.5. The molecule has 0 bridgehead atoms. The first-order chi connectivity index (χ1) is 1.73. The molecule has 0 aliphatic heterocycles. The van der Waals surface area contributed by atoms with Crippen molar-refractivity contribution in [2.24, 2.45) is 0 Å². The molecular weight excluding hydrogens is 54.0 g/mol. The Morgan fingerprint density at radius 2 is 1.50 bits per heavy atom. The molecule has 0 fully saturated rings. The zero-order chi connectivity index (χ0) is 3.58. The van der Waals surface area contributed by atoms with Crippen LogP contribution in [0.1, 0.15) is 13.8 Å². The van der Waals surface area contributed by atoms with Crippen LogP contribution in [0.5, 0.6) is 0 Å². The Balaban J connectivity index is 2.32. The van der Waals surface area contributed by atoms with Crippen LogP contribution in [0.3, 0.4) is 0 Å². The molecule has 0 atom stereocenters. The van der Waals surface area contributed by atoms with Gasteiger partial charge in [-0.05, 0) is 13.8 Å². The molecule has 0 spiro atoms. The van der Waals surface area contributed by atoms with Crippen LogP contribution in [-0.4, -0.2) is 11.2 Å². The molecule has 0 saturated carbocycles. The monoisotopic (exact) mass is 62.1 g/mol. The van der Waals surface area contributed by atoms with E-state index in [9.17, 15) is 0 Å². The molecule has 0 amide bonds. The molecule has 1 N–H and O–H groups in total. The summed E-state index contributed by atoms with van der Waals surface area (Å²) < 4.78 is 0. The highest BCUT2D eigenvalue weighted by molar-refractivity contribution is 4.20. The van der Waals surface area contributed by atoms with Crippen molar-refractivity contribution >= 4 is 0 Å². The van der Waals surface area contributed by atoms with Gasteiger partial charge in [-0.1, -0.05) is 0 Å². The van der Waals surface area contributed by atoms with E-state index in [2.05, 4.69) is 0 Å². The Kier molecular flexibility index (Phi) is 1.28. The predicted octanol–water partition coefficient (Wildman–Crippen LogP) is 0.387. The standard InChI is InChI=1S/C3H8O/c1-3(2)4/h3-4H,1-2H3/i3+2. The van der Waals surface area contributed by atoms with Crippen molar-refractivity contribution in [2.75, 3.05) is 0 Å². The van der Waals surface area contributed by atoms with Crippen molar-refractivity contribution in [1.29, 1.82) is 0 Å². The van der Waals surface area contributed by atoms with E-state index >= 15 is 0 Å². The van der Waals surface area contributed by atoms with Gasteiger partial charge in [0.1, 0.15) is 0 Å². The highest BCUT2D eigenvalue weighted by Crippen LogP contribution is 1.65. The lowest BCUT2D eigenvalue weighted by Crippen LogP contribution is -1.85. The van der Waals surface area contributed by atoms with Crippen molar-refractivity contribution in [1.82, 2.24) is 0 Å². The summed E-state index contributed by atoms with van der Waals surface area (Å²) in [7, 11) is 0. The molecule has 0 saturated heterocycles. The molecule has 0 unspecified atom stereocenters. The summed E-state index contributed by atoms with van der Waals surface area (Å²) in [5.41, 5.74) is 0. The first kappa shape index (κ1) is 3.96. The van der Waals surface area contributed by atoms with Crippen LogP contribution in [0.2, 0.25) is 0 Å². The third-order valence-corrected chi connectivity index (χ3v) is 0. The molecule has 1 heteroatoms. The van der Waals surface area contributed by atoms with E-state index in [4.69, 9.17) is 5.11 Å². The fourth-order valence-electron chi connectivity index (χ4n) is 0. The molecule has 0 aliphatic rings. The summed E-state index contributed by atoms with van der Waals surface area (Å²) in [4.78, 5) is 0. The lowest BCUT2D eigenvalue weighted by molar-refractivity contribution is 0.216. The highest BCUT2D eigenvalue weighted by Gasteiger charge is 1.69. The summed E-state index contributed by atoms with van der Waals surface area (Å²) in [5, 5.41) is 8.06. The van der Waals surface area contributed by atoms with Gasteiger partial charge in [-0.15, -0.1) is 0 Å². The van der Waals surface area contributed by atoms with Crippen molar-refractivity contribution in [3.05, 3.63) is 0 Å². The van der Waals surface area contributed by atoms with Crippen LogP contribution in [0.25, 0.3) is 0 Å². The maximum absolute atomic E-state index is 8.06. The topological polar surface area (TPSA) is 20.2 Å². The number of hydrogen-bond acceptors (Lipinski definition) is 1. The number of hydrogen-bond donors (Lipinski definition) is 1. The van der Waals surface area contributed by atoms with Crippen LogP contribution in [0.15, 0.2) is 0 Å². The Morgan fingerprint density at radius 3 is 1.50 bits per heavy atom. The van der Waals surface area contributed by atoms with Crippen molar-refractivity contribution in [3.8, 4) is 0 Å². The van der Waals surface area contributed by atoms with Gasteiger partial charge in [-0.3, -0.25) is 0 Å². The third-order valence-electron chi connectivity index (χ3n) is 0. The molecule has 4 heavy (non-hydrogen) atoms. The Hall–Kier alpha value is -0.0400. The molecular formula is C3H8O. The van der Waals surface area contributed by atoms with E-state index in [1.807, 2.05) is 0 Å². The lowest BCUT2D eigenvalue weighted by atomic mass is 11.2. The van der Waals surface area contributed by atoms with Gasteiger partial charge < -0.3 is 5.11 Å². The van der Waals surface area contributed by atoms with Gasteiger partial charge in [0.2, 0.25) is 0 Å². The summed E-state index contributed by atoms with van der Waals surface area (Å²) in [5.74, 6) is 0. The van der Waals surface area contributed by atoms with Crippen LogP contribution in [0, 0.1) is 0 Å². The molecule has 0 aromatic carbocycles. The Morgan fingerprint density at radius 1 is 1.50 bits per heavy atom. The molecule has 1 nitrogen and oxygen atoms in total. The third kappa shape index (κ3) is 1130. The van der Waals surface area contributed by atoms with Gasteiger partial charge in [-0.2, -0.15) is 0 Å². The fraction of sp³-hybridized carbons (Fsp3) is 1.00. The smallest absolute Gasteiger partial charge is 0.0483 e. The average molecular weight is 62.1 g/mol. The Bertz CT molecular complexity index is 8.00. The van der Waals surface area contributed by atoms with Gasteiger partial charge in [0, 0.05) is 6.10 Å². The minimum atomic E-state index is -0.167. The molecule has 26 valence electrons. The van der Waals surface area contributed by atoms with Crippen molar-refractivity contribution < 1.29 is 5.11 Å². The molecule has 0 aliphatic carbocycles. The number of aliphatic hydroxyl groups is 1. The molecule has 0 aromatic rings. The van der Waals surface area contributed by atoms with E-state index in [1.54, 1.807) is 13.8 Å². The van der Waals surface area contributed by atoms with E-state index in [-0.39, 0.29) is 6.10 Å². The van der Waals surface area contributed by atoms with Crippen LogP contribution < -0.4 is 0 Å². The van der Waals surface area contributed by atoms with Crippen LogP contribution in [0.4, 0.5) is 0 Å². The predicted molar refractivity (Wildman–Crippen MR) is 17.4 cm³/mol.